The maximum absolute atomic E-state index is 13.1. The van der Waals surface area contributed by atoms with E-state index in [1.165, 1.54) is 48.8 Å². The molecule has 170 valence electrons. The molecule has 33 heavy (non-hydrogen) atoms. The summed E-state index contributed by atoms with van der Waals surface area (Å²) in [4.78, 5) is 15.1. The van der Waals surface area contributed by atoms with Crippen molar-refractivity contribution in [2.24, 2.45) is 11.8 Å². The van der Waals surface area contributed by atoms with Crippen molar-refractivity contribution in [3.05, 3.63) is 70.8 Å². The largest absolute Gasteiger partial charge is 0.333 e. The minimum absolute atomic E-state index is 0.0772. The van der Waals surface area contributed by atoms with Crippen molar-refractivity contribution < 1.29 is 4.79 Å². The molecule has 1 heterocycles. The van der Waals surface area contributed by atoms with Gasteiger partial charge in [0.15, 0.2) is 0 Å². The van der Waals surface area contributed by atoms with Gasteiger partial charge in [0.05, 0.1) is 18.2 Å². The summed E-state index contributed by atoms with van der Waals surface area (Å²) >= 11 is 0. The van der Waals surface area contributed by atoms with Crippen LogP contribution >= 0.6 is 0 Å². The molecule has 7 rings (SSSR count). The Bertz CT molecular complexity index is 1080. The SMILES string of the molecule is N#Cc1cccc(CNC23CC4CC(CC(NCC(=O)N5Cc6ccccc6C5)(C4)C2)C3)c1. The number of benzene rings is 2. The van der Waals surface area contributed by atoms with E-state index in [0.717, 1.165) is 43.5 Å². The van der Waals surface area contributed by atoms with E-state index in [0.29, 0.717) is 6.54 Å². The molecular weight excluding hydrogens is 408 g/mol. The smallest absolute Gasteiger partial charge is 0.237 e. The fraction of sp³-hybridized carbons (Fsp3) is 0.500. The van der Waals surface area contributed by atoms with Crippen LogP contribution in [0.5, 0.6) is 0 Å². The number of hydrogen-bond donors (Lipinski definition) is 2. The number of nitrogens with zero attached hydrogens (tertiary/aromatic N) is 2. The molecule has 0 saturated heterocycles. The van der Waals surface area contributed by atoms with Gasteiger partial charge in [-0.1, -0.05) is 36.4 Å². The summed E-state index contributed by atoms with van der Waals surface area (Å²) in [6, 6.07) is 18.6. The Morgan fingerprint density at radius 3 is 2.30 bits per heavy atom. The number of hydrogen-bond acceptors (Lipinski definition) is 4. The molecule has 2 unspecified atom stereocenters. The number of carbonyl (C=O) groups excluding carboxylic acids is 1. The van der Waals surface area contributed by atoms with Gasteiger partial charge in [-0.2, -0.15) is 5.26 Å². The quantitative estimate of drug-likeness (QED) is 0.716. The van der Waals surface area contributed by atoms with E-state index in [2.05, 4.69) is 47.0 Å². The zero-order chi connectivity index (χ0) is 22.5. The van der Waals surface area contributed by atoms with Gasteiger partial charge in [-0.15, -0.1) is 0 Å². The lowest BCUT2D eigenvalue weighted by molar-refractivity contribution is -0.132. The number of fused-ring (bicyclic) bond motifs is 1. The molecule has 1 amide bonds. The maximum atomic E-state index is 13.1. The minimum Gasteiger partial charge on any atom is -0.333 e. The summed E-state index contributed by atoms with van der Waals surface area (Å²) in [7, 11) is 0. The average molecular weight is 441 g/mol. The first-order valence-electron chi connectivity index (χ1n) is 12.4. The van der Waals surface area contributed by atoms with Crippen molar-refractivity contribution in [2.45, 2.75) is 69.2 Å². The fourth-order valence-electron chi connectivity index (χ4n) is 7.60. The minimum atomic E-state index is 0.0772. The lowest BCUT2D eigenvalue weighted by Gasteiger charge is -2.62. The highest BCUT2D eigenvalue weighted by molar-refractivity contribution is 5.79. The first-order valence-corrected chi connectivity index (χ1v) is 12.4. The Morgan fingerprint density at radius 2 is 1.64 bits per heavy atom. The van der Waals surface area contributed by atoms with Crippen molar-refractivity contribution in [1.82, 2.24) is 15.5 Å². The van der Waals surface area contributed by atoms with Crippen LogP contribution in [-0.2, 0) is 24.4 Å². The highest BCUT2D eigenvalue weighted by Gasteiger charge is 2.57. The van der Waals surface area contributed by atoms with Crippen molar-refractivity contribution in [3.8, 4) is 6.07 Å². The number of rotatable bonds is 6. The van der Waals surface area contributed by atoms with Crippen molar-refractivity contribution in [2.75, 3.05) is 6.54 Å². The molecule has 0 radical (unpaired) electrons. The number of nitrogens with one attached hydrogen (secondary N) is 2. The van der Waals surface area contributed by atoms with Crippen LogP contribution in [0.1, 0.15) is 60.8 Å². The summed E-state index contributed by atoms with van der Waals surface area (Å²) in [6.07, 6.45) is 7.31. The summed E-state index contributed by atoms with van der Waals surface area (Å²) in [5.74, 6) is 1.70. The Morgan fingerprint density at radius 1 is 0.970 bits per heavy atom. The zero-order valence-electron chi connectivity index (χ0n) is 19.1. The van der Waals surface area contributed by atoms with Gasteiger partial charge in [0.25, 0.3) is 0 Å². The fourth-order valence-corrected chi connectivity index (χ4v) is 7.60. The normalized spacial score (nSPS) is 31.4. The lowest BCUT2D eigenvalue weighted by atomic mass is 9.50. The molecule has 4 bridgehead atoms. The molecule has 2 N–H and O–H groups in total. The standard InChI is InChI=1S/C28H32N4O/c29-14-20-4-3-5-21(8-20)15-30-27-10-22-9-23(11-27)13-28(12-22,19-27)31-16-26(33)32-17-24-6-1-2-7-25(24)18-32/h1-8,22-23,30-31H,9-13,15-19H2. The van der Waals surface area contributed by atoms with Gasteiger partial charge >= 0.3 is 0 Å². The Hall–Kier alpha value is -2.68. The molecular formula is C28H32N4O. The number of nitriles is 1. The Kier molecular flexibility index (Phi) is 5.05. The topological polar surface area (TPSA) is 68.2 Å². The van der Waals surface area contributed by atoms with Gasteiger partial charge in [0.2, 0.25) is 5.91 Å². The van der Waals surface area contributed by atoms with Crippen LogP contribution in [0.4, 0.5) is 0 Å². The lowest BCUT2D eigenvalue weighted by Crippen LogP contribution is -2.69. The van der Waals surface area contributed by atoms with Crippen LogP contribution in [0.2, 0.25) is 0 Å². The van der Waals surface area contributed by atoms with E-state index >= 15 is 0 Å². The molecule has 4 aliphatic carbocycles. The number of carbonyl (C=O) groups is 1. The molecule has 2 aromatic carbocycles. The van der Waals surface area contributed by atoms with Crippen LogP contribution < -0.4 is 10.6 Å². The summed E-state index contributed by atoms with van der Waals surface area (Å²) < 4.78 is 0. The first kappa shape index (κ1) is 20.9. The van der Waals surface area contributed by atoms with E-state index in [1.807, 2.05) is 23.1 Å². The Labute approximate surface area is 196 Å². The van der Waals surface area contributed by atoms with Crippen molar-refractivity contribution in [3.63, 3.8) is 0 Å². The van der Waals surface area contributed by atoms with Crippen LogP contribution in [0.3, 0.4) is 0 Å². The predicted molar refractivity (Wildman–Crippen MR) is 127 cm³/mol. The van der Waals surface area contributed by atoms with Gasteiger partial charge in [-0.25, -0.2) is 0 Å². The van der Waals surface area contributed by atoms with Crippen LogP contribution in [0.25, 0.3) is 0 Å². The zero-order valence-corrected chi connectivity index (χ0v) is 19.1. The molecule has 5 nitrogen and oxygen atoms in total. The number of amides is 1. The second kappa shape index (κ2) is 7.97. The second-order valence-corrected chi connectivity index (χ2v) is 11.1. The third kappa shape index (κ3) is 3.96. The summed E-state index contributed by atoms with van der Waals surface area (Å²) in [5.41, 5.74) is 4.69. The van der Waals surface area contributed by atoms with Crippen LogP contribution in [0.15, 0.2) is 48.5 Å². The van der Waals surface area contributed by atoms with Gasteiger partial charge in [0, 0.05) is 30.7 Å². The van der Waals surface area contributed by atoms with E-state index in [-0.39, 0.29) is 17.0 Å². The predicted octanol–water partition coefficient (Wildman–Crippen LogP) is 3.87. The maximum Gasteiger partial charge on any atom is 0.237 e. The molecule has 2 aromatic rings. The summed E-state index contributed by atoms with van der Waals surface area (Å²) in [5, 5.41) is 16.9. The van der Waals surface area contributed by atoms with Crippen molar-refractivity contribution >= 4 is 5.91 Å². The van der Waals surface area contributed by atoms with E-state index < -0.39 is 0 Å². The highest BCUT2D eigenvalue weighted by Crippen LogP contribution is 2.57. The third-order valence-corrected chi connectivity index (χ3v) is 8.59. The molecule has 4 saturated carbocycles. The molecule has 2 atom stereocenters. The van der Waals surface area contributed by atoms with Gasteiger partial charge in [-0.05, 0) is 79.2 Å². The molecule has 5 heteroatoms. The molecule has 5 aliphatic rings. The van der Waals surface area contributed by atoms with Gasteiger partial charge in [0.1, 0.15) is 0 Å². The molecule has 0 aromatic heterocycles. The highest BCUT2D eigenvalue weighted by atomic mass is 16.2. The van der Waals surface area contributed by atoms with Crippen LogP contribution in [0, 0.1) is 23.2 Å². The average Bonchev–Trinajstić information content (AvgIpc) is 3.25. The molecule has 1 aliphatic heterocycles. The van der Waals surface area contributed by atoms with Crippen LogP contribution in [-0.4, -0.2) is 28.4 Å². The van der Waals surface area contributed by atoms with Gasteiger partial charge in [-0.3, -0.25) is 4.79 Å². The third-order valence-electron chi connectivity index (χ3n) is 8.59. The summed E-state index contributed by atoms with van der Waals surface area (Å²) in [6.45, 7) is 2.72. The second-order valence-electron chi connectivity index (χ2n) is 11.1. The van der Waals surface area contributed by atoms with E-state index in [9.17, 15) is 10.1 Å². The van der Waals surface area contributed by atoms with Crippen molar-refractivity contribution in [1.29, 1.82) is 5.26 Å². The van der Waals surface area contributed by atoms with E-state index in [4.69, 9.17) is 0 Å². The molecule has 4 fully saturated rings. The van der Waals surface area contributed by atoms with Gasteiger partial charge < -0.3 is 15.5 Å². The Balaban J connectivity index is 1.12. The monoisotopic (exact) mass is 440 g/mol. The van der Waals surface area contributed by atoms with E-state index in [1.54, 1.807) is 0 Å². The first-order chi connectivity index (χ1) is 16.0. The molecule has 0 spiro atoms.